The highest BCUT2D eigenvalue weighted by atomic mass is 16.5. The first-order chi connectivity index (χ1) is 11.7. The van der Waals surface area contributed by atoms with Gasteiger partial charge in [-0.2, -0.15) is 5.10 Å². The lowest BCUT2D eigenvalue weighted by Gasteiger charge is -2.43. The van der Waals surface area contributed by atoms with Crippen molar-refractivity contribution in [2.45, 2.75) is 38.3 Å². The van der Waals surface area contributed by atoms with E-state index in [4.69, 9.17) is 9.47 Å². The number of amides is 1. The molecule has 2 fully saturated rings. The van der Waals surface area contributed by atoms with E-state index in [0.717, 1.165) is 26.1 Å². The Morgan fingerprint density at radius 1 is 1.50 bits per heavy atom. The third-order valence-electron chi connectivity index (χ3n) is 5.23. The number of nitrogens with zero attached hydrogens (tertiary/aromatic N) is 2. The van der Waals surface area contributed by atoms with Crippen molar-refractivity contribution in [2.75, 3.05) is 40.0 Å². The molecule has 2 N–H and O–H groups in total. The first-order valence-electron chi connectivity index (χ1n) is 8.84. The number of rotatable bonds is 6. The molecule has 134 valence electrons. The number of methoxy groups -OCH3 is 1. The lowest BCUT2D eigenvalue weighted by molar-refractivity contribution is -0.0721. The molecule has 1 unspecified atom stereocenters. The molecule has 3 rings (SSSR count). The lowest BCUT2D eigenvalue weighted by atomic mass is 9.74. The second-order valence-electron chi connectivity index (χ2n) is 6.86. The number of ether oxygens (including phenoxy) is 2. The van der Waals surface area contributed by atoms with E-state index in [1.165, 1.54) is 19.3 Å². The molecule has 1 aromatic heterocycles. The van der Waals surface area contributed by atoms with Crippen LogP contribution < -0.4 is 10.6 Å². The van der Waals surface area contributed by atoms with Crippen molar-refractivity contribution in [3.63, 3.8) is 0 Å². The van der Waals surface area contributed by atoms with E-state index in [2.05, 4.69) is 15.7 Å². The number of carbonyl (C=O) groups excluding carboxylic acids is 1. The van der Waals surface area contributed by atoms with Gasteiger partial charge in [-0.3, -0.25) is 9.48 Å². The smallest absolute Gasteiger partial charge is 0.269 e. The normalized spacial score (nSPS) is 23.3. The third kappa shape index (κ3) is 4.15. The van der Waals surface area contributed by atoms with E-state index in [-0.39, 0.29) is 12.0 Å². The van der Waals surface area contributed by atoms with Crippen LogP contribution in [0, 0.1) is 5.41 Å². The van der Waals surface area contributed by atoms with E-state index in [0.29, 0.717) is 30.8 Å². The van der Waals surface area contributed by atoms with Crippen LogP contribution in [0.15, 0.2) is 12.3 Å². The molecule has 1 atom stereocenters. The molecule has 2 aliphatic heterocycles. The zero-order chi connectivity index (χ0) is 16.8. The average Bonchev–Trinajstić information content (AvgIpc) is 3.08. The van der Waals surface area contributed by atoms with Gasteiger partial charge in [0.25, 0.3) is 5.91 Å². The van der Waals surface area contributed by atoms with Gasteiger partial charge in [0.2, 0.25) is 0 Å². The summed E-state index contributed by atoms with van der Waals surface area (Å²) in [7, 11) is 1.64. The van der Waals surface area contributed by atoms with Crippen LogP contribution >= 0.6 is 0 Å². The molecule has 7 heteroatoms. The summed E-state index contributed by atoms with van der Waals surface area (Å²) < 4.78 is 12.8. The molecule has 3 heterocycles. The lowest BCUT2D eigenvalue weighted by Crippen LogP contribution is -2.46. The summed E-state index contributed by atoms with van der Waals surface area (Å²) in [5.41, 5.74) is 0.933. The third-order valence-corrected chi connectivity index (χ3v) is 5.23. The highest BCUT2D eigenvalue weighted by molar-refractivity contribution is 5.92. The maximum atomic E-state index is 12.4. The van der Waals surface area contributed by atoms with Gasteiger partial charge >= 0.3 is 0 Å². The van der Waals surface area contributed by atoms with Gasteiger partial charge in [-0.05, 0) is 50.3 Å². The zero-order valence-corrected chi connectivity index (χ0v) is 14.4. The number of hydrogen-bond donors (Lipinski definition) is 2. The molecule has 1 spiro atoms. The Bertz CT molecular complexity index is 530. The number of carbonyl (C=O) groups is 1. The fourth-order valence-electron chi connectivity index (χ4n) is 3.61. The van der Waals surface area contributed by atoms with Crippen molar-refractivity contribution >= 4 is 5.91 Å². The molecule has 0 saturated carbocycles. The summed E-state index contributed by atoms with van der Waals surface area (Å²) in [6.45, 7) is 4.67. The van der Waals surface area contributed by atoms with E-state index < -0.39 is 0 Å². The average molecular weight is 336 g/mol. The van der Waals surface area contributed by atoms with Gasteiger partial charge in [0, 0.05) is 19.9 Å². The van der Waals surface area contributed by atoms with Crippen LogP contribution in [-0.2, 0) is 16.0 Å². The molecule has 2 saturated heterocycles. The maximum absolute atomic E-state index is 12.4. The van der Waals surface area contributed by atoms with Crippen LogP contribution in [0.1, 0.15) is 36.2 Å². The Morgan fingerprint density at radius 2 is 2.33 bits per heavy atom. The molecule has 2 aliphatic rings. The first-order valence-corrected chi connectivity index (χ1v) is 8.84. The first kappa shape index (κ1) is 17.4. The van der Waals surface area contributed by atoms with E-state index in [1.54, 1.807) is 24.1 Å². The minimum Gasteiger partial charge on any atom is -0.383 e. The number of piperidine rings is 1. The minimum atomic E-state index is -0.102. The van der Waals surface area contributed by atoms with Gasteiger partial charge in [0.1, 0.15) is 5.69 Å². The predicted octanol–water partition coefficient (Wildman–Crippen LogP) is 0.808. The van der Waals surface area contributed by atoms with E-state index in [1.807, 2.05) is 0 Å². The monoisotopic (exact) mass is 336 g/mol. The molecule has 1 aromatic rings. The Morgan fingerprint density at radius 3 is 3.04 bits per heavy atom. The minimum absolute atomic E-state index is 0.102. The molecule has 0 aliphatic carbocycles. The molecular weight excluding hydrogens is 308 g/mol. The number of hydrogen-bond acceptors (Lipinski definition) is 5. The summed E-state index contributed by atoms with van der Waals surface area (Å²) in [6.07, 6.45) is 6.37. The summed E-state index contributed by atoms with van der Waals surface area (Å²) in [6, 6.07) is 1.73. The standard InChI is InChI=1S/C17H28N4O3/c1-23-11-10-21-15(3-7-20-21)16(22)19-12-14-2-4-17(13-24-14)5-8-18-9-6-17/h3,7,14,18H,2,4-6,8-13H2,1H3,(H,19,22). The second kappa shape index (κ2) is 8.09. The maximum Gasteiger partial charge on any atom is 0.269 e. The Balaban J connectivity index is 1.45. The van der Waals surface area contributed by atoms with Crippen LogP contribution in [0.2, 0.25) is 0 Å². The molecule has 7 nitrogen and oxygen atoms in total. The van der Waals surface area contributed by atoms with Crippen molar-refractivity contribution in [2.24, 2.45) is 5.41 Å². The fourth-order valence-corrected chi connectivity index (χ4v) is 3.61. The quantitative estimate of drug-likeness (QED) is 0.804. The van der Waals surface area contributed by atoms with E-state index in [9.17, 15) is 4.79 Å². The predicted molar refractivity (Wildman–Crippen MR) is 89.9 cm³/mol. The summed E-state index contributed by atoms with van der Waals surface area (Å²) in [5, 5.41) is 10.6. The highest BCUT2D eigenvalue weighted by Crippen LogP contribution is 2.38. The fraction of sp³-hybridized carbons (Fsp3) is 0.765. The van der Waals surface area contributed by atoms with Gasteiger partial charge in [0.05, 0.1) is 25.9 Å². The number of aromatic nitrogens is 2. The summed E-state index contributed by atoms with van der Waals surface area (Å²) in [5.74, 6) is -0.102. The second-order valence-corrected chi connectivity index (χ2v) is 6.86. The van der Waals surface area contributed by atoms with Gasteiger partial charge in [-0.15, -0.1) is 0 Å². The largest absolute Gasteiger partial charge is 0.383 e. The van der Waals surface area contributed by atoms with Crippen molar-refractivity contribution in [1.82, 2.24) is 20.4 Å². The molecule has 24 heavy (non-hydrogen) atoms. The summed E-state index contributed by atoms with van der Waals surface area (Å²) >= 11 is 0. The van der Waals surface area contributed by atoms with Gasteiger partial charge in [0.15, 0.2) is 0 Å². The molecule has 0 radical (unpaired) electrons. The van der Waals surface area contributed by atoms with Gasteiger partial charge in [-0.25, -0.2) is 0 Å². The Hall–Kier alpha value is -1.44. The van der Waals surface area contributed by atoms with Crippen molar-refractivity contribution in [3.8, 4) is 0 Å². The van der Waals surface area contributed by atoms with Crippen LogP contribution in [-0.4, -0.2) is 61.7 Å². The Kier molecular flexibility index (Phi) is 5.86. The van der Waals surface area contributed by atoms with Crippen molar-refractivity contribution in [3.05, 3.63) is 18.0 Å². The van der Waals surface area contributed by atoms with E-state index >= 15 is 0 Å². The molecule has 0 aromatic carbocycles. The van der Waals surface area contributed by atoms with Crippen LogP contribution in [0.4, 0.5) is 0 Å². The topological polar surface area (TPSA) is 77.4 Å². The molecule has 1 amide bonds. The van der Waals surface area contributed by atoms with Crippen molar-refractivity contribution in [1.29, 1.82) is 0 Å². The van der Waals surface area contributed by atoms with Gasteiger partial charge < -0.3 is 20.1 Å². The molecule has 0 bridgehead atoms. The van der Waals surface area contributed by atoms with Crippen molar-refractivity contribution < 1.29 is 14.3 Å². The highest BCUT2D eigenvalue weighted by Gasteiger charge is 2.37. The van der Waals surface area contributed by atoms with Crippen LogP contribution in [0.3, 0.4) is 0 Å². The van der Waals surface area contributed by atoms with Gasteiger partial charge in [-0.1, -0.05) is 0 Å². The Labute approximate surface area is 143 Å². The number of nitrogens with one attached hydrogen (secondary N) is 2. The van der Waals surface area contributed by atoms with Crippen LogP contribution in [0.5, 0.6) is 0 Å². The molecular formula is C17H28N4O3. The zero-order valence-electron chi connectivity index (χ0n) is 14.4. The SMILES string of the molecule is COCCn1nccc1C(=O)NCC1CCC2(CCNCC2)CO1. The summed E-state index contributed by atoms with van der Waals surface area (Å²) in [4.78, 5) is 12.4. The van der Waals surface area contributed by atoms with Crippen LogP contribution in [0.25, 0.3) is 0 Å².